The topological polar surface area (TPSA) is 71.3 Å². The number of methoxy groups -OCH3 is 1. The summed E-state index contributed by atoms with van der Waals surface area (Å²) >= 11 is 9.34. The van der Waals surface area contributed by atoms with Gasteiger partial charge in [0, 0.05) is 16.3 Å². The summed E-state index contributed by atoms with van der Waals surface area (Å²) in [6.07, 6.45) is 1.42. The van der Waals surface area contributed by atoms with Crippen LogP contribution in [0.2, 0.25) is 5.02 Å². The van der Waals surface area contributed by atoms with Gasteiger partial charge in [-0.05, 0) is 64.0 Å². The molecule has 0 saturated heterocycles. The summed E-state index contributed by atoms with van der Waals surface area (Å²) < 4.78 is 25.5. The van der Waals surface area contributed by atoms with Crippen LogP contribution in [0.25, 0.3) is 6.08 Å². The number of carbonyl (C=O) groups is 1. The quantitative estimate of drug-likeness (QED) is 0.293. The number of nitrogens with one attached hydrogen (secondary N) is 1. The maximum absolute atomic E-state index is 13.9. The van der Waals surface area contributed by atoms with Gasteiger partial charge in [-0.1, -0.05) is 35.9 Å². The molecule has 0 aliphatic carbocycles. The molecule has 0 saturated carbocycles. The number of carbonyl (C=O) groups excluding carboxylic acids is 1. The molecule has 5 nitrogen and oxygen atoms in total. The first-order valence-corrected chi connectivity index (χ1v) is 10.5. The van der Waals surface area contributed by atoms with Crippen molar-refractivity contribution in [2.45, 2.75) is 6.61 Å². The number of ether oxygens (including phenoxy) is 2. The highest BCUT2D eigenvalue weighted by Crippen LogP contribution is 2.38. The fourth-order valence-corrected chi connectivity index (χ4v) is 3.57. The summed E-state index contributed by atoms with van der Waals surface area (Å²) in [6.45, 7) is 0.00229. The van der Waals surface area contributed by atoms with Crippen LogP contribution in [0.1, 0.15) is 11.1 Å². The van der Waals surface area contributed by atoms with Gasteiger partial charge in [-0.2, -0.15) is 5.26 Å². The van der Waals surface area contributed by atoms with Crippen LogP contribution < -0.4 is 14.8 Å². The van der Waals surface area contributed by atoms with Crippen molar-refractivity contribution >= 4 is 45.2 Å². The minimum absolute atomic E-state index is 0.00229. The molecule has 3 aromatic carbocycles. The van der Waals surface area contributed by atoms with Crippen LogP contribution in [-0.2, 0) is 11.4 Å². The van der Waals surface area contributed by atoms with Gasteiger partial charge in [-0.25, -0.2) is 4.39 Å². The van der Waals surface area contributed by atoms with Gasteiger partial charge in [0.15, 0.2) is 11.5 Å². The van der Waals surface area contributed by atoms with E-state index in [2.05, 4.69) is 21.2 Å². The van der Waals surface area contributed by atoms with Crippen molar-refractivity contribution in [1.82, 2.24) is 0 Å². The van der Waals surface area contributed by atoms with Crippen LogP contribution in [-0.4, -0.2) is 13.0 Å². The van der Waals surface area contributed by atoms with E-state index in [0.29, 0.717) is 37.8 Å². The van der Waals surface area contributed by atoms with Crippen molar-refractivity contribution in [3.05, 3.63) is 92.7 Å². The number of amides is 1. The zero-order valence-electron chi connectivity index (χ0n) is 16.9. The SMILES string of the molecule is COc1cc(/C=C(\C#N)C(=O)Nc2cccc(Cl)c2)cc(Br)c1OCc1ccccc1F. The van der Waals surface area contributed by atoms with Crippen molar-refractivity contribution in [2.75, 3.05) is 12.4 Å². The summed E-state index contributed by atoms with van der Waals surface area (Å²) in [5.74, 6) is -0.222. The maximum atomic E-state index is 13.9. The van der Waals surface area contributed by atoms with Crippen LogP contribution >= 0.6 is 27.5 Å². The van der Waals surface area contributed by atoms with Gasteiger partial charge < -0.3 is 14.8 Å². The Kier molecular flexibility index (Phi) is 7.87. The molecule has 0 atom stereocenters. The Morgan fingerprint density at radius 2 is 2.00 bits per heavy atom. The Bertz CT molecular complexity index is 1220. The fraction of sp³-hybridized carbons (Fsp3) is 0.0833. The van der Waals surface area contributed by atoms with Crippen molar-refractivity contribution in [3.8, 4) is 17.6 Å². The van der Waals surface area contributed by atoms with Crippen LogP contribution in [0.15, 0.2) is 70.7 Å². The average molecular weight is 516 g/mol. The van der Waals surface area contributed by atoms with Gasteiger partial charge in [0.05, 0.1) is 11.6 Å². The normalized spacial score (nSPS) is 10.9. The Morgan fingerprint density at radius 3 is 2.69 bits per heavy atom. The van der Waals surface area contributed by atoms with Crippen LogP contribution in [0.5, 0.6) is 11.5 Å². The smallest absolute Gasteiger partial charge is 0.266 e. The lowest BCUT2D eigenvalue weighted by Gasteiger charge is -2.14. The molecular weight excluding hydrogens is 499 g/mol. The summed E-state index contributed by atoms with van der Waals surface area (Å²) in [5, 5.41) is 12.6. The number of hydrogen-bond acceptors (Lipinski definition) is 4. The minimum atomic E-state index is -0.579. The van der Waals surface area contributed by atoms with Gasteiger partial charge in [-0.15, -0.1) is 0 Å². The summed E-state index contributed by atoms with van der Waals surface area (Å²) in [4.78, 5) is 12.5. The predicted octanol–water partition coefficient (Wildman–Crippen LogP) is 6.37. The van der Waals surface area contributed by atoms with Gasteiger partial charge in [0.2, 0.25) is 0 Å². The van der Waals surface area contributed by atoms with Gasteiger partial charge in [-0.3, -0.25) is 4.79 Å². The van der Waals surface area contributed by atoms with Gasteiger partial charge in [0.25, 0.3) is 5.91 Å². The van der Waals surface area contributed by atoms with E-state index >= 15 is 0 Å². The lowest BCUT2D eigenvalue weighted by Crippen LogP contribution is -2.13. The van der Waals surface area contributed by atoms with Crippen molar-refractivity contribution in [3.63, 3.8) is 0 Å². The van der Waals surface area contributed by atoms with Gasteiger partial charge in [0.1, 0.15) is 24.1 Å². The van der Waals surface area contributed by atoms with E-state index < -0.39 is 5.91 Å². The first-order valence-electron chi connectivity index (χ1n) is 9.33. The standard InChI is InChI=1S/C24H17BrClFN2O3/c1-31-22-11-15(9-17(13-28)24(30)29-19-7-4-6-18(26)12-19)10-20(25)23(22)32-14-16-5-2-3-8-21(16)27/h2-12H,14H2,1H3,(H,29,30)/b17-9+. The predicted molar refractivity (Wildman–Crippen MR) is 125 cm³/mol. The second-order valence-electron chi connectivity index (χ2n) is 6.55. The third-order valence-corrected chi connectivity index (χ3v) is 5.16. The molecule has 32 heavy (non-hydrogen) atoms. The molecule has 8 heteroatoms. The monoisotopic (exact) mass is 514 g/mol. The molecule has 0 unspecified atom stereocenters. The molecule has 3 rings (SSSR count). The van der Waals surface area contributed by atoms with E-state index in [0.717, 1.165) is 0 Å². The molecule has 0 heterocycles. The molecule has 0 spiro atoms. The summed E-state index contributed by atoms with van der Waals surface area (Å²) in [7, 11) is 1.46. The number of anilines is 1. The fourth-order valence-electron chi connectivity index (χ4n) is 2.81. The molecule has 3 aromatic rings. The first-order chi connectivity index (χ1) is 15.4. The Balaban J connectivity index is 1.83. The van der Waals surface area contributed by atoms with E-state index in [-0.39, 0.29) is 18.0 Å². The van der Waals surface area contributed by atoms with Gasteiger partial charge >= 0.3 is 0 Å². The first kappa shape index (κ1) is 23.3. The zero-order valence-corrected chi connectivity index (χ0v) is 19.2. The molecule has 1 amide bonds. The lowest BCUT2D eigenvalue weighted by atomic mass is 10.1. The van der Waals surface area contributed by atoms with E-state index in [1.54, 1.807) is 54.6 Å². The second kappa shape index (κ2) is 10.8. The number of nitrogens with zero attached hydrogens (tertiary/aromatic N) is 1. The summed E-state index contributed by atoms with van der Waals surface area (Å²) in [6, 6.07) is 18.1. The van der Waals surface area contributed by atoms with Crippen LogP contribution in [0.3, 0.4) is 0 Å². The number of benzene rings is 3. The minimum Gasteiger partial charge on any atom is -0.493 e. The van der Waals surface area contributed by atoms with E-state index in [9.17, 15) is 14.4 Å². The summed E-state index contributed by atoms with van der Waals surface area (Å²) in [5.41, 5.74) is 1.29. The number of rotatable bonds is 7. The Labute approximate surface area is 198 Å². The number of nitriles is 1. The van der Waals surface area contributed by atoms with Crippen LogP contribution in [0.4, 0.5) is 10.1 Å². The molecule has 0 aliphatic heterocycles. The third-order valence-electron chi connectivity index (χ3n) is 4.34. The third kappa shape index (κ3) is 5.88. The number of halogens is 3. The molecular formula is C24H17BrClFN2O3. The molecule has 0 aromatic heterocycles. The maximum Gasteiger partial charge on any atom is 0.266 e. The largest absolute Gasteiger partial charge is 0.493 e. The molecule has 1 N–H and O–H groups in total. The molecule has 0 aliphatic rings. The molecule has 0 bridgehead atoms. The molecule has 0 fully saturated rings. The van der Waals surface area contributed by atoms with Crippen molar-refractivity contribution < 1.29 is 18.7 Å². The van der Waals surface area contributed by atoms with Crippen molar-refractivity contribution in [2.24, 2.45) is 0 Å². The van der Waals surface area contributed by atoms with E-state index in [1.165, 1.54) is 19.3 Å². The second-order valence-corrected chi connectivity index (χ2v) is 7.84. The Hall–Kier alpha value is -3.34. The highest BCUT2D eigenvalue weighted by Gasteiger charge is 2.15. The molecule has 0 radical (unpaired) electrons. The average Bonchev–Trinajstić information content (AvgIpc) is 2.77. The van der Waals surface area contributed by atoms with E-state index in [4.69, 9.17) is 21.1 Å². The lowest BCUT2D eigenvalue weighted by molar-refractivity contribution is -0.112. The highest BCUT2D eigenvalue weighted by atomic mass is 79.9. The number of hydrogen-bond donors (Lipinski definition) is 1. The van der Waals surface area contributed by atoms with Crippen molar-refractivity contribution in [1.29, 1.82) is 5.26 Å². The van der Waals surface area contributed by atoms with E-state index in [1.807, 2.05) is 6.07 Å². The van der Waals surface area contributed by atoms with Crippen LogP contribution in [0, 0.1) is 17.1 Å². The zero-order chi connectivity index (χ0) is 23.1. The Morgan fingerprint density at radius 1 is 1.22 bits per heavy atom. The molecule has 162 valence electrons. The highest BCUT2D eigenvalue weighted by molar-refractivity contribution is 9.10.